The third-order valence-corrected chi connectivity index (χ3v) is 12.5. The van der Waals surface area contributed by atoms with Gasteiger partial charge in [0.1, 0.15) is 11.0 Å². The first-order valence-electron chi connectivity index (χ1n) is 20.1. The number of rotatable bonds is 22. The zero-order valence-corrected chi connectivity index (χ0v) is 35.9. The van der Waals surface area contributed by atoms with Gasteiger partial charge in [0.25, 0.3) is 0 Å². The predicted molar refractivity (Wildman–Crippen MR) is 218 cm³/mol. The highest BCUT2D eigenvalue weighted by molar-refractivity contribution is 7.09. The summed E-state index contributed by atoms with van der Waals surface area (Å²) in [5, 5.41) is 12.1. The summed E-state index contributed by atoms with van der Waals surface area (Å²) < 4.78 is 12.1. The molecule has 3 rings (SSSR count). The normalized spacial score (nSPS) is 19.4. The summed E-state index contributed by atoms with van der Waals surface area (Å²) in [5.41, 5.74) is 1.09. The lowest BCUT2D eigenvalue weighted by molar-refractivity contribution is -0.148. The molecule has 1 unspecified atom stereocenters. The fourth-order valence-electron chi connectivity index (χ4n) is 7.98. The number of benzene rings is 1. The van der Waals surface area contributed by atoms with E-state index in [1.807, 2.05) is 75.2 Å². The first-order valence-corrected chi connectivity index (χ1v) is 20.9. The Morgan fingerprint density at radius 3 is 2.16 bits per heavy atom. The number of hydrogen-bond donors (Lipinski definition) is 3. The van der Waals surface area contributed by atoms with Crippen LogP contribution in [0.25, 0.3) is 0 Å². The molecule has 0 saturated carbocycles. The lowest BCUT2D eigenvalue weighted by atomic mass is 9.89. The number of likely N-dealkylation sites (tertiary alicyclic amines) is 1. The molecular formula is C42H68N6O6S. The number of nitrogens with one attached hydrogen (secondary N) is 3. The lowest BCUT2D eigenvalue weighted by Crippen LogP contribution is -2.60. The molecule has 0 aliphatic carbocycles. The Labute approximate surface area is 333 Å². The predicted octanol–water partition coefficient (Wildman–Crippen LogP) is 5.24. The third-order valence-electron chi connectivity index (χ3n) is 11.6. The van der Waals surface area contributed by atoms with Crippen LogP contribution in [0.15, 0.2) is 41.9 Å². The van der Waals surface area contributed by atoms with E-state index in [2.05, 4.69) is 34.8 Å². The molecule has 4 amide bonds. The molecule has 0 spiro atoms. The Morgan fingerprint density at radius 1 is 0.945 bits per heavy atom. The molecule has 2 heterocycles. The summed E-state index contributed by atoms with van der Waals surface area (Å²) in [6.07, 6.45) is 4.19. The SMILES string of the molecule is CC[C@@H](C)[C@H](NC(=O)[C@@H](NC)C(C)C)C(=O)N(C)[C@@H]([C@@H](C)CC)[C@@H](CC(=O)N1CCC[C@H]1[C@H](OC)C(C)C(=O)N[C@@H](Cc1ccccc1)c1nccs1)OC. The number of carbonyl (C=O) groups is 4. The van der Waals surface area contributed by atoms with E-state index in [0.717, 1.165) is 23.4 Å². The van der Waals surface area contributed by atoms with Gasteiger partial charge >= 0.3 is 0 Å². The molecule has 1 aromatic heterocycles. The Morgan fingerprint density at radius 2 is 1.62 bits per heavy atom. The number of hydrogen-bond acceptors (Lipinski definition) is 9. The van der Waals surface area contributed by atoms with E-state index >= 15 is 0 Å². The molecular weight excluding hydrogens is 717 g/mol. The van der Waals surface area contributed by atoms with Crippen molar-refractivity contribution in [3.63, 3.8) is 0 Å². The maximum atomic E-state index is 14.3. The van der Waals surface area contributed by atoms with Gasteiger partial charge in [0, 0.05) is 39.4 Å². The van der Waals surface area contributed by atoms with Crippen LogP contribution < -0.4 is 16.0 Å². The molecule has 308 valence electrons. The average Bonchev–Trinajstić information content (AvgIpc) is 3.90. The quantitative estimate of drug-likeness (QED) is 0.147. The summed E-state index contributed by atoms with van der Waals surface area (Å²) in [7, 11) is 6.69. The van der Waals surface area contributed by atoms with Crippen LogP contribution in [0.4, 0.5) is 0 Å². The van der Waals surface area contributed by atoms with Crippen LogP contribution in [0.2, 0.25) is 0 Å². The number of likely N-dealkylation sites (N-methyl/N-ethyl adjacent to an activating group) is 2. The van der Waals surface area contributed by atoms with Gasteiger partial charge in [0.05, 0.1) is 48.7 Å². The number of carbonyl (C=O) groups excluding carboxylic acids is 4. The largest absolute Gasteiger partial charge is 0.379 e. The van der Waals surface area contributed by atoms with Gasteiger partial charge in [-0.25, -0.2) is 4.98 Å². The van der Waals surface area contributed by atoms with E-state index in [1.54, 1.807) is 39.4 Å². The molecule has 12 nitrogen and oxygen atoms in total. The smallest absolute Gasteiger partial charge is 0.245 e. The van der Waals surface area contributed by atoms with Gasteiger partial charge in [0.2, 0.25) is 23.6 Å². The molecule has 13 heteroatoms. The van der Waals surface area contributed by atoms with Crippen molar-refractivity contribution in [2.75, 3.05) is 34.9 Å². The molecule has 55 heavy (non-hydrogen) atoms. The molecule has 1 fully saturated rings. The van der Waals surface area contributed by atoms with Crippen LogP contribution in [0, 0.1) is 23.7 Å². The minimum atomic E-state index is -0.738. The molecule has 1 aromatic carbocycles. The van der Waals surface area contributed by atoms with Gasteiger partial charge in [-0.15, -0.1) is 11.3 Å². The highest BCUT2D eigenvalue weighted by atomic mass is 32.1. The summed E-state index contributed by atoms with van der Waals surface area (Å²) in [6, 6.07) is 7.79. The summed E-state index contributed by atoms with van der Waals surface area (Å²) in [4.78, 5) is 63.9. The Kier molecular flexibility index (Phi) is 18.7. The zero-order valence-electron chi connectivity index (χ0n) is 35.0. The van der Waals surface area contributed by atoms with Crippen LogP contribution in [-0.4, -0.2) is 110 Å². The maximum Gasteiger partial charge on any atom is 0.245 e. The van der Waals surface area contributed by atoms with Crippen LogP contribution in [0.1, 0.15) is 97.2 Å². The van der Waals surface area contributed by atoms with Crippen molar-refractivity contribution < 1.29 is 28.7 Å². The van der Waals surface area contributed by atoms with E-state index in [0.29, 0.717) is 25.8 Å². The van der Waals surface area contributed by atoms with Gasteiger partial charge in [-0.1, -0.05) is 91.6 Å². The first-order chi connectivity index (χ1) is 26.2. The van der Waals surface area contributed by atoms with E-state index < -0.39 is 36.3 Å². The number of methoxy groups -OCH3 is 2. The number of thiazole rings is 1. The highest BCUT2D eigenvalue weighted by Crippen LogP contribution is 2.30. The van der Waals surface area contributed by atoms with Gasteiger partial charge in [-0.2, -0.15) is 0 Å². The lowest BCUT2D eigenvalue weighted by Gasteiger charge is -2.41. The monoisotopic (exact) mass is 784 g/mol. The zero-order chi connectivity index (χ0) is 40.8. The number of amides is 4. The van der Waals surface area contributed by atoms with Gasteiger partial charge in [0.15, 0.2) is 0 Å². The molecule has 0 radical (unpaired) electrons. The summed E-state index contributed by atoms with van der Waals surface area (Å²) in [6.45, 7) is 14.4. The average molecular weight is 785 g/mol. The van der Waals surface area contributed by atoms with Crippen molar-refractivity contribution in [3.05, 3.63) is 52.5 Å². The second kappa shape index (κ2) is 22.4. The molecule has 0 bridgehead atoms. The Bertz CT molecular complexity index is 1480. The fourth-order valence-corrected chi connectivity index (χ4v) is 8.67. The second-order valence-electron chi connectivity index (χ2n) is 15.6. The fraction of sp³-hybridized carbons (Fsp3) is 0.690. The molecule has 2 aromatic rings. The van der Waals surface area contributed by atoms with Crippen LogP contribution in [0.3, 0.4) is 0 Å². The minimum absolute atomic E-state index is 0.00723. The van der Waals surface area contributed by atoms with Crippen LogP contribution >= 0.6 is 11.3 Å². The standard InChI is InChI=1S/C42H68N6O6S/c1-12-27(5)36(46-40(51)35(43-8)26(3)4)42(52)47(9)37(28(6)13-2)33(53-10)25-34(49)48-22-17-20-32(48)38(54-11)29(7)39(50)45-31(41-44-21-23-55-41)24-30-18-15-14-16-19-30/h14-16,18-19,21,23,26-29,31-33,35-38,43H,12-13,17,20,22,24-25H2,1-11H3,(H,45,50)(H,46,51)/t27-,28+,29?,31+,32+,33-,35+,36+,37+,38-/m1/s1. The number of ether oxygens (including phenoxy) is 2. The summed E-state index contributed by atoms with van der Waals surface area (Å²) >= 11 is 1.51. The van der Waals surface area contributed by atoms with Crippen molar-refractivity contribution in [3.8, 4) is 0 Å². The molecule has 1 aliphatic heterocycles. The number of nitrogens with zero attached hydrogens (tertiary/aromatic N) is 3. The first kappa shape index (κ1) is 46.0. The Balaban J connectivity index is 1.80. The maximum absolute atomic E-state index is 14.3. The van der Waals surface area contributed by atoms with Crippen molar-refractivity contribution in [2.45, 2.75) is 129 Å². The van der Waals surface area contributed by atoms with Gasteiger partial charge in [-0.3, -0.25) is 19.2 Å². The van der Waals surface area contributed by atoms with E-state index in [4.69, 9.17) is 9.47 Å². The molecule has 1 saturated heterocycles. The Hall–Kier alpha value is -3.39. The number of aromatic nitrogens is 1. The van der Waals surface area contributed by atoms with Gasteiger partial charge in [-0.05, 0) is 49.6 Å². The van der Waals surface area contributed by atoms with Crippen molar-refractivity contribution in [1.82, 2.24) is 30.7 Å². The summed E-state index contributed by atoms with van der Waals surface area (Å²) in [5.74, 6) is -1.33. The van der Waals surface area contributed by atoms with E-state index in [-0.39, 0.29) is 59.9 Å². The van der Waals surface area contributed by atoms with E-state index in [1.165, 1.54) is 11.3 Å². The topological polar surface area (TPSA) is 142 Å². The minimum Gasteiger partial charge on any atom is -0.379 e. The second-order valence-corrected chi connectivity index (χ2v) is 16.5. The molecule has 1 aliphatic rings. The van der Waals surface area contributed by atoms with Crippen LogP contribution in [0.5, 0.6) is 0 Å². The van der Waals surface area contributed by atoms with Gasteiger partial charge < -0.3 is 35.2 Å². The van der Waals surface area contributed by atoms with Crippen molar-refractivity contribution >= 4 is 35.0 Å². The van der Waals surface area contributed by atoms with Crippen molar-refractivity contribution in [1.29, 1.82) is 0 Å². The van der Waals surface area contributed by atoms with Crippen LogP contribution in [-0.2, 0) is 35.1 Å². The molecule has 10 atom stereocenters. The third kappa shape index (κ3) is 12.1. The van der Waals surface area contributed by atoms with E-state index in [9.17, 15) is 19.2 Å². The van der Waals surface area contributed by atoms with Crippen molar-refractivity contribution in [2.24, 2.45) is 23.7 Å². The highest BCUT2D eigenvalue weighted by Gasteiger charge is 2.43. The molecule has 3 N–H and O–H groups in total.